The summed E-state index contributed by atoms with van der Waals surface area (Å²) in [6.45, 7) is 4.16. The average molecular weight is 322 g/mol. The van der Waals surface area contributed by atoms with Gasteiger partial charge >= 0.3 is 5.69 Å². The Labute approximate surface area is 132 Å². The van der Waals surface area contributed by atoms with E-state index in [1.165, 1.54) is 6.33 Å². The van der Waals surface area contributed by atoms with Crippen LogP contribution in [-0.2, 0) is 6.54 Å². The molecule has 0 bridgehead atoms. The molecule has 0 fully saturated rings. The molecule has 0 atom stereocenters. The van der Waals surface area contributed by atoms with Crippen LogP contribution in [0, 0.1) is 10.1 Å². The second kappa shape index (κ2) is 7.04. The molecule has 0 spiro atoms. The van der Waals surface area contributed by atoms with Crippen molar-refractivity contribution in [3.05, 3.63) is 51.3 Å². The van der Waals surface area contributed by atoms with Crippen molar-refractivity contribution in [1.29, 1.82) is 0 Å². The number of nitrogens with zero attached hydrogens (tertiary/aromatic N) is 3. The Bertz CT molecular complexity index is 661. The smallest absolute Gasteiger partial charge is 0.353 e. The molecular formula is C14H16ClN5O2. The van der Waals surface area contributed by atoms with Crippen LogP contribution >= 0.6 is 11.6 Å². The molecule has 7 nitrogen and oxygen atoms in total. The second-order valence-electron chi connectivity index (χ2n) is 4.96. The van der Waals surface area contributed by atoms with Crippen LogP contribution in [0.25, 0.3) is 0 Å². The summed E-state index contributed by atoms with van der Waals surface area (Å²) in [6.07, 6.45) is 1.29. The lowest BCUT2D eigenvalue weighted by atomic mass is 10.2. The molecule has 0 radical (unpaired) electrons. The highest BCUT2D eigenvalue weighted by molar-refractivity contribution is 6.30. The van der Waals surface area contributed by atoms with Gasteiger partial charge in [-0.05, 0) is 31.5 Å². The van der Waals surface area contributed by atoms with Gasteiger partial charge in [0, 0.05) is 17.6 Å². The fourth-order valence-electron chi connectivity index (χ4n) is 1.85. The van der Waals surface area contributed by atoms with E-state index in [-0.39, 0.29) is 23.4 Å². The van der Waals surface area contributed by atoms with Crippen molar-refractivity contribution in [2.24, 2.45) is 0 Å². The molecule has 1 aromatic carbocycles. The van der Waals surface area contributed by atoms with Gasteiger partial charge in [0.1, 0.15) is 6.33 Å². The third-order valence-corrected chi connectivity index (χ3v) is 3.06. The van der Waals surface area contributed by atoms with E-state index in [1.807, 2.05) is 26.0 Å². The molecule has 0 saturated carbocycles. The number of aromatic nitrogens is 2. The van der Waals surface area contributed by atoms with Crippen LogP contribution in [0.2, 0.25) is 5.02 Å². The summed E-state index contributed by atoms with van der Waals surface area (Å²) in [5.41, 5.74) is 0.779. The van der Waals surface area contributed by atoms with Crippen LogP contribution in [0.3, 0.4) is 0 Å². The zero-order chi connectivity index (χ0) is 16.1. The minimum atomic E-state index is -0.491. The number of nitro groups is 1. The lowest BCUT2D eigenvalue weighted by Gasteiger charge is -2.12. The number of benzene rings is 1. The van der Waals surface area contributed by atoms with Crippen molar-refractivity contribution in [3.8, 4) is 0 Å². The highest BCUT2D eigenvalue weighted by atomic mass is 35.5. The van der Waals surface area contributed by atoms with Gasteiger partial charge in [-0.15, -0.1) is 0 Å². The highest BCUT2D eigenvalue weighted by Crippen LogP contribution is 2.29. The van der Waals surface area contributed by atoms with Crippen LogP contribution in [0.5, 0.6) is 0 Å². The van der Waals surface area contributed by atoms with Crippen molar-refractivity contribution in [3.63, 3.8) is 0 Å². The first kappa shape index (κ1) is 16.0. The lowest BCUT2D eigenvalue weighted by molar-refractivity contribution is -0.383. The Kier molecular flexibility index (Phi) is 5.11. The summed E-state index contributed by atoms with van der Waals surface area (Å²) >= 11 is 5.83. The van der Waals surface area contributed by atoms with E-state index < -0.39 is 4.92 Å². The molecule has 116 valence electrons. The van der Waals surface area contributed by atoms with Gasteiger partial charge in [0.05, 0.1) is 4.92 Å². The third-order valence-electron chi connectivity index (χ3n) is 2.80. The van der Waals surface area contributed by atoms with E-state index >= 15 is 0 Å². The number of rotatable bonds is 6. The maximum Gasteiger partial charge on any atom is 0.353 e. The van der Waals surface area contributed by atoms with E-state index in [0.717, 1.165) is 5.56 Å². The van der Waals surface area contributed by atoms with Crippen molar-refractivity contribution in [2.45, 2.75) is 26.4 Å². The molecule has 2 rings (SSSR count). The Morgan fingerprint density at radius 1 is 1.23 bits per heavy atom. The minimum Gasteiger partial charge on any atom is -0.362 e. The number of anilines is 2. The predicted molar refractivity (Wildman–Crippen MR) is 86.2 cm³/mol. The number of hydrogen-bond acceptors (Lipinski definition) is 6. The fraction of sp³-hybridized carbons (Fsp3) is 0.286. The second-order valence-corrected chi connectivity index (χ2v) is 5.39. The molecule has 0 aliphatic heterocycles. The summed E-state index contributed by atoms with van der Waals surface area (Å²) in [4.78, 5) is 18.7. The van der Waals surface area contributed by atoms with Gasteiger partial charge in [0.15, 0.2) is 0 Å². The quantitative estimate of drug-likeness (QED) is 0.625. The highest BCUT2D eigenvalue weighted by Gasteiger charge is 2.23. The maximum atomic E-state index is 11.3. The van der Waals surface area contributed by atoms with E-state index in [9.17, 15) is 10.1 Å². The molecule has 0 unspecified atom stereocenters. The molecule has 1 heterocycles. The van der Waals surface area contributed by atoms with E-state index in [1.54, 1.807) is 12.1 Å². The van der Waals surface area contributed by atoms with Gasteiger partial charge in [-0.3, -0.25) is 10.1 Å². The zero-order valence-electron chi connectivity index (χ0n) is 12.2. The van der Waals surface area contributed by atoms with Gasteiger partial charge in [-0.25, -0.2) is 9.97 Å². The van der Waals surface area contributed by atoms with Gasteiger partial charge in [0.25, 0.3) is 0 Å². The van der Waals surface area contributed by atoms with Gasteiger partial charge in [-0.1, -0.05) is 23.7 Å². The van der Waals surface area contributed by atoms with Gasteiger partial charge in [0.2, 0.25) is 11.6 Å². The molecule has 0 amide bonds. The maximum absolute atomic E-state index is 11.3. The molecule has 2 aromatic rings. The zero-order valence-corrected chi connectivity index (χ0v) is 13.0. The van der Waals surface area contributed by atoms with E-state index in [2.05, 4.69) is 20.6 Å². The summed E-state index contributed by atoms with van der Waals surface area (Å²) in [7, 11) is 0. The standard InChI is InChI=1S/C14H16ClN5O2/c1-9(2)19-14-12(20(21)22)13(17-8-18-14)16-7-10-3-5-11(15)6-4-10/h3-6,8-9H,7H2,1-2H3,(H2,16,17,18,19). The van der Waals surface area contributed by atoms with Crippen molar-refractivity contribution < 1.29 is 4.92 Å². The van der Waals surface area contributed by atoms with Crippen molar-refractivity contribution >= 4 is 28.9 Å². The largest absolute Gasteiger partial charge is 0.362 e. The molecule has 0 aliphatic rings. The molecular weight excluding hydrogens is 306 g/mol. The van der Waals surface area contributed by atoms with E-state index in [0.29, 0.717) is 11.6 Å². The minimum absolute atomic E-state index is 0.0257. The molecule has 8 heteroatoms. The summed E-state index contributed by atoms with van der Waals surface area (Å²) in [5.74, 6) is 0.381. The number of halogens is 1. The lowest BCUT2D eigenvalue weighted by Crippen LogP contribution is -2.14. The van der Waals surface area contributed by atoms with Crippen molar-refractivity contribution in [1.82, 2.24) is 9.97 Å². The van der Waals surface area contributed by atoms with Crippen LogP contribution < -0.4 is 10.6 Å². The van der Waals surface area contributed by atoms with Crippen LogP contribution in [0.4, 0.5) is 17.3 Å². The molecule has 0 aliphatic carbocycles. The molecule has 22 heavy (non-hydrogen) atoms. The first-order chi connectivity index (χ1) is 10.5. The SMILES string of the molecule is CC(C)Nc1ncnc(NCc2ccc(Cl)cc2)c1[N+](=O)[O-]. The van der Waals surface area contributed by atoms with Crippen LogP contribution in [-0.4, -0.2) is 20.9 Å². The Morgan fingerprint density at radius 2 is 1.86 bits per heavy atom. The Balaban J connectivity index is 2.22. The van der Waals surface area contributed by atoms with Crippen LogP contribution in [0.15, 0.2) is 30.6 Å². The first-order valence-corrected chi connectivity index (χ1v) is 7.09. The first-order valence-electron chi connectivity index (χ1n) is 6.71. The van der Waals surface area contributed by atoms with Gasteiger partial charge in [-0.2, -0.15) is 0 Å². The predicted octanol–water partition coefficient (Wildman–Crippen LogP) is 3.47. The van der Waals surface area contributed by atoms with Gasteiger partial charge < -0.3 is 10.6 Å². The molecule has 2 N–H and O–H groups in total. The Hall–Kier alpha value is -2.41. The Morgan fingerprint density at radius 3 is 2.45 bits per heavy atom. The summed E-state index contributed by atoms with van der Waals surface area (Å²) in [6, 6.07) is 7.24. The third kappa shape index (κ3) is 4.05. The summed E-state index contributed by atoms with van der Waals surface area (Å²) < 4.78 is 0. The van der Waals surface area contributed by atoms with Crippen molar-refractivity contribution in [2.75, 3.05) is 10.6 Å². The topological polar surface area (TPSA) is 93.0 Å². The molecule has 1 aromatic heterocycles. The monoisotopic (exact) mass is 321 g/mol. The normalized spacial score (nSPS) is 10.5. The summed E-state index contributed by atoms with van der Waals surface area (Å²) in [5, 5.41) is 17.9. The van der Waals surface area contributed by atoms with E-state index in [4.69, 9.17) is 11.6 Å². The number of hydrogen-bond donors (Lipinski definition) is 2. The molecule has 0 saturated heterocycles. The number of nitrogens with one attached hydrogen (secondary N) is 2. The fourth-order valence-corrected chi connectivity index (χ4v) is 1.97. The average Bonchev–Trinajstić information content (AvgIpc) is 2.45. The van der Waals surface area contributed by atoms with Crippen LogP contribution in [0.1, 0.15) is 19.4 Å².